The Hall–Kier alpha value is -0.910. The van der Waals surface area contributed by atoms with Crippen LogP contribution in [0.5, 0.6) is 0 Å². The number of benzene rings is 1. The van der Waals surface area contributed by atoms with E-state index in [-0.39, 0.29) is 5.96 Å². The maximum atomic E-state index is 5.88. The summed E-state index contributed by atoms with van der Waals surface area (Å²) in [5.74, 6) is 1.02. The van der Waals surface area contributed by atoms with Crippen molar-refractivity contribution < 1.29 is 0 Å². The van der Waals surface area contributed by atoms with Crippen molar-refractivity contribution in [3.63, 3.8) is 0 Å². The van der Waals surface area contributed by atoms with E-state index in [4.69, 9.17) is 34.7 Å². The van der Waals surface area contributed by atoms with E-state index in [0.29, 0.717) is 20.9 Å². The summed E-state index contributed by atoms with van der Waals surface area (Å²) in [7, 11) is 0. The molecular formula is C12H16Cl2N4S. The molecule has 104 valence electrons. The fraction of sp³-hybridized carbons (Fsp3) is 0.333. The van der Waals surface area contributed by atoms with Crippen LogP contribution in [-0.4, -0.2) is 16.9 Å². The van der Waals surface area contributed by atoms with Crippen molar-refractivity contribution in [1.82, 2.24) is 0 Å². The van der Waals surface area contributed by atoms with Crippen LogP contribution in [-0.2, 0) is 0 Å². The van der Waals surface area contributed by atoms with Gasteiger partial charge in [0, 0.05) is 5.75 Å². The fourth-order valence-electron chi connectivity index (χ4n) is 1.18. The van der Waals surface area contributed by atoms with Crippen LogP contribution in [0.3, 0.4) is 0 Å². The molecule has 0 aliphatic rings. The van der Waals surface area contributed by atoms with Crippen molar-refractivity contribution in [2.75, 3.05) is 5.75 Å². The van der Waals surface area contributed by atoms with Gasteiger partial charge in [-0.2, -0.15) is 4.99 Å². The molecule has 0 spiro atoms. The third kappa shape index (κ3) is 6.18. The average molecular weight is 319 g/mol. The standard InChI is InChI=1S/C12H16Cl2N4S/c1-2-3-6-19-12(16)18-11(15)17-8-4-5-9(13)10(14)7-8/h4-5,7H,2-3,6H2,1H3,(H4,15,16,17,18). The summed E-state index contributed by atoms with van der Waals surface area (Å²) in [5, 5.41) is 1.30. The van der Waals surface area contributed by atoms with Crippen molar-refractivity contribution in [2.24, 2.45) is 21.5 Å². The molecule has 0 amide bonds. The molecule has 0 aromatic heterocycles. The number of nitrogens with two attached hydrogens (primary N) is 2. The first-order chi connectivity index (χ1) is 9.02. The first-order valence-electron chi connectivity index (χ1n) is 5.79. The molecule has 1 aromatic carbocycles. The number of thioether (sulfide) groups is 1. The largest absolute Gasteiger partial charge is 0.378 e. The first-order valence-corrected chi connectivity index (χ1v) is 7.53. The van der Waals surface area contributed by atoms with E-state index < -0.39 is 0 Å². The molecule has 0 radical (unpaired) electrons. The lowest BCUT2D eigenvalue weighted by atomic mass is 10.3. The minimum atomic E-state index is 0.0971. The number of nitrogens with zero attached hydrogens (tertiary/aromatic N) is 2. The van der Waals surface area contributed by atoms with Crippen molar-refractivity contribution >= 4 is 51.8 Å². The molecule has 0 unspecified atom stereocenters. The SMILES string of the molecule is CCCCS/C(N)=N/C(N)=Nc1ccc(Cl)c(Cl)c1. The molecule has 0 saturated carbocycles. The van der Waals surface area contributed by atoms with Gasteiger partial charge in [-0.1, -0.05) is 48.3 Å². The van der Waals surface area contributed by atoms with E-state index >= 15 is 0 Å². The number of rotatable bonds is 4. The quantitative estimate of drug-likeness (QED) is 0.503. The van der Waals surface area contributed by atoms with Crippen LogP contribution < -0.4 is 11.5 Å². The van der Waals surface area contributed by atoms with Gasteiger partial charge in [0.25, 0.3) is 0 Å². The van der Waals surface area contributed by atoms with E-state index in [1.165, 1.54) is 11.8 Å². The number of unbranched alkanes of at least 4 members (excludes halogenated alkanes) is 1. The molecule has 0 aliphatic heterocycles. The lowest BCUT2D eigenvalue weighted by molar-refractivity contribution is 0.898. The zero-order valence-corrected chi connectivity index (χ0v) is 12.9. The molecule has 0 saturated heterocycles. The number of hydrogen-bond donors (Lipinski definition) is 2. The zero-order valence-electron chi connectivity index (χ0n) is 10.6. The molecule has 19 heavy (non-hydrogen) atoms. The zero-order chi connectivity index (χ0) is 14.3. The van der Waals surface area contributed by atoms with Crippen molar-refractivity contribution in [2.45, 2.75) is 19.8 Å². The summed E-state index contributed by atoms with van der Waals surface area (Å²) in [6.45, 7) is 2.12. The molecule has 1 aromatic rings. The number of guanidine groups is 1. The Labute approximate surface area is 127 Å². The predicted molar refractivity (Wildman–Crippen MR) is 86.7 cm³/mol. The van der Waals surface area contributed by atoms with E-state index in [2.05, 4.69) is 16.9 Å². The highest BCUT2D eigenvalue weighted by Gasteiger charge is 2.00. The highest BCUT2D eigenvalue weighted by Crippen LogP contribution is 2.26. The van der Waals surface area contributed by atoms with Crippen molar-refractivity contribution in [3.8, 4) is 0 Å². The number of amidine groups is 1. The second-order valence-corrected chi connectivity index (χ2v) is 5.65. The molecule has 4 nitrogen and oxygen atoms in total. The maximum Gasteiger partial charge on any atom is 0.222 e. The third-order valence-electron chi connectivity index (χ3n) is 2.12. The Bertz CT molecular complexity index is 489. The number of halogens is 2. The highest BCUT2D eigenvalue weighted by atomic mass is 35.5. The van der Waals surface area contributed by atoms with Gasteiger partial charge in [0.1, 0.15) is 0 Å². The summed E-state index contributed by atoms with van der Waals surface area (Å²) in [5.41, 5.74) is 12.0. The van der Waals surface area contributed by atoms with Crippen LogP contribution in [0.1, 0.15) is 19.8 Å². The highest BCUT2D eigenvalue weighted by molar-refractivity contribution is 8.13. The van der Waals surface area contributed by atoms with Gasteiger partial charge in [0.05, 0.1) is 15.7 Å². The third-order valence-corrected chi connectivity index (χ3v) is 3.74. The van der Waals surface area contributed by atoms with Crippen LogP contribution in [0.15, 0.2) is 28.2 Å². The van der Waals surface area contributed by atoms with Gasteiger partial charge in [0.2, 0.25) is 5.96 Å². The molecular weight excluding hydrogens is 303 g/mol. The van der Waals surface area contributed by atoms with Crippen LogP contribution >= 0.6 is 35.0 Å². The molecule has 0 aliphatic carbocycles. The number of aliphatic imine (C=N–C) groups is 2. The van der Waals surface area contributed by atoms with Crippen LogP contribution in [0.2, 0.25) is 10.0 Å². The van der Waals surface area contributed by atoms with Gasteiger partial charge < -0.3 is 11.5 Å². The minimum Gasteiger partial charge on any atom is -0.378 e. The first kappa shape index (κ1) is 16.1. The average Bonchev–Trinajstić information content (AvgIpc) is 2.34. The van der Waals surface area contributed by atoms with Crippen molar-refractivity contribution in [3.05, 3.63) is 28.2 Å². The molecule has 0 fully saturated rings. The fourth-order valence-corrected chi connectivity index (χ4v) is 2.27. The van der Waals surface area contributed by atoms with E-state index in [1.54, 1.807) is 18.2 Å². The summed E-state index contributed by atoms with van der Waals surface area (Å²) in [6.07, 6.45) is 2.21. The van der Waals surface area contributed by atoms with Gasteiger partial charge >= 0.3 is 0 Å². The monoisotopic (exact) mass is 318 g/mol. The van der Waals surface area contributed by atoms with Crippen LogP contribution in [0.4, 0.5) is 5.69 Å². The van der Waals surface area contributed by atoms with Gasteiger partial charge in [-0.15, -0.1) is 0 Å². The normalized spacial score (nSPS) is 12.8. The summed E-state index contributed by atoms with van der Waals surface area (Å²) < 4.78 is 0. The molecule has 7 heteroatoms. The Balaban J connectivity index is 2.70. The summed E-state index contributed by atoms with van der Waals surface area (Å²) >= 11 is 13.2. The van der Waals surface area contributed by atoms with Gasteiger partial charge in [0.15, 0.2) is 5.17 Å². The maximum absolute atomic E-state index is 5.88. The van der Waals surface area contributed by atoms with Gasteiger partial charge in [-0.05, 0) is 24.6 Å². The van der Waals surface area contributed by atoms with Crippen molar-refractivity contribution in [1.29, 1.82) is 0 Å². The van der Waals surface area contributed by atoms with E-state index in [0.717, 1.165) is 18.6 Å². The Kier molecular flexibility index (Phi) is 7.05. The molecule has 0 heterocycles. The lowest BCUT2D eigenvalue weighted by Gasteiger charge is -2.00. The Morgan fingerprint density at radius 1 is 1.26 bits per heavy atom. The topological polar surface area (TPSA) is 76.8 Å². The summed E-state index contributed by atoms with van der Waals surface area (Å²) in [4.78, 5) is 8.10. The Morgan fingerprint density at radius 2 is 2.00 bits per heavy atom. The van der Waals surface area contributed by atoms with E-state index in [9.17, 15) is 0 Å². The summed E-state index contributed by atoms with van der Waals surface area (Å²) in [6, 6.07) is 4.97. The minimum absolute atomic E-state index is 0.0971. The molecule has 1 rings (SSSR count). The second kappa shape index (κ2) is 8.30. The van der Waals surface area contributed by atoms with Crippen LogP contribution in [0, 0.1) is 0 Å². The lowest BCUT2D eigenvalue weighted by Crippen LogP contribution is -2.16. The van der Waals surface area contributed by atoms with Gasteiger partial charge in [-0.3, -0.25) is 0 Å². The molecule has 4 N–H and O–H groups in total. The molecule has 0 atom stereocenters. The second-order valence-electron chi connectivity index (χ2n) is 3.72. The van der Waals surface area contributed by atoms with Gasteiger partial charge in [-0.25, -0.2) is 4.99 Å². The van der Waals surface area contributed by atoms with E-state index in [1.807, 2.05) is 0 Å². The molecule has 0 bridgehead atoms. The number of hydrogen-bond acceptors (Lipinski definition) is 2. The van der Waals surface area contributed by atoms with Crippen LogP contribution in [0.25, 0.3) is 0 Å². The smallest absolute Gasteiger partial charge is 0.222 e. The Morgan fingerprint density at radius 3 is 2.63 bits per heavy atom. The predicted octanol–water partition coefficient (Wildman–Crippen LogP) is 3.79.